The summed E-state index contributed by atoms with van der Waals surface area (Å²) >= 11 is 3.14. The quantitative estimate of drug-likeness (QED) is 0.876. The summed E-state index contributed by atoms with van der Waals surface area (Å²) in [6.45, 7) is 2.14. The Labute approximate surface area is 79.1 Å². The molecule has 1 atom stereocenters. The van der Waals surface area contributed by atoms with Crippen LogP contribution in [0.5, 0.6) is 0 Å². The lowest BCUT2D eigenvalue weighted by Crippen LogP contribution is -2.03. The second-order valence-corrected chi connectivity index (χ2v) is 3.42. The minimum absolute atomic E-state index is 0.306. The van der Waals surface area contributed by atoms with Crippen LogP contribution in [0.1, 0.15) is 23.9 Å². The van der Waals surface area contributed by atoms with Crippen molar-refractivity contribution in [1.29, 1.82) is 0 Å². The van der Waals surface area contributed by atoms with Gasteiger partial charge in [0, 0.05) is 0 Å². The molecule has 4 heteroatoms. The average molecular weight is 236 g/mol. The lowest BCUT2D eigenvalue weighted by Gasteiger charge is -2.03. The van der Waals surface area contributed by atoms with Crippen LogP contribution in [0.25, 0.3) is 0 Å². The first-order chi connectivity index (χ1) is 5.65. The number of nitrogens with two attached hydrogens (primary N) is 1. The summed E-state index contributed by atoms with van der Waals surface area (Å²) in [5.74, 6) is 0.382. The Kier molecular flexibility index (Phi) is 3.29. The lowest BCUT2D eigenvalue weighted by atomic mass is 10.1. The van der Waals surface area contributed by atoms with Gasteiger partial charge in [-0.05, 0) is 47.4 Å². The van der Waals surface area contributed by atoms with Crippen LogP contribution in [0, 0.1) is 6.92 Å². The standard InChI is InChI=1S/C8H11BrFNO/c1-5-4-7(9)12-8(5)6(10)2-3-11/h4,6H,2-3,11H2,1H3. The van der Waals surface area contributed by atoms with E-state index in [0.29, 0.717) is 23.4 Å². The van der Waals surface area contributed by atoms with E-state index in [2.05, 4.69) is 15.9 Å². The second-order valence-electron chi connectivity index (χ2n) is 2.64. The molecule has 0 aliphatic heterocycles. The van der Waals surface area contributed by atoms with Crippen molar-refractivity contribution >= 4 is 15.9 Å². The normalized spacial score (nSPS) is 13.3. The molecule has 2 nitrogen and oxygen atoms in total. The van der Waals surface area contributed by atoms with Crippen molar-refractivity contribution in [3.05, 3.63) is 22.1 Å². The molecule has 12 heavy (non-hydrogen) atoms. The van der Waals surface area contributed by atoms with Crippen molar-refractivity contribution in [2.75, 3.05) is 6.54 Å². The van der Waals surface area contributed by atoms with Crippen LogP contribution >= 0.6 is 15.9 Å². The molecule has 0 amide bonds. The van der Waals surface area contributed by atoms with Crippen LogP contribution in [0.3, 0.4) is 0 Å². The molecule has 1 heterocycles. The smallest absolute Gasteiger partial charge is 0.169 e. The Bertz CT molecular complexity index is 262. The maximum Gasteiger partial charge on any atom is 0.169 e. The predicted molar refractivity (Wildman–Crippen MR) is 48.7 cm³/mol. The Balaban J connectivity index is 2.79. The molecular weight excluding hydrogens is 225 g/mol. The molecule has 0 fully saturated rings. The van der Waals surface area contributed by atoms with Crippen LogP contribution < -0.4 is 5.73 Å². The Morgan fingerprint density at radius 2 is 2.42 bits per heavy atom. The van der Waals surface area contributed by atoms with Crippen LogP contribution in [-0.2, 0) is 0 Å². The van der Waals surface area contributed by atoms with Gasteiger partial charge in [0.25, 0.3) is 0 Å². The minimum Gasteiger partial charge on any atom is -0.451 e. The summed E-state index contributed by atoms with van der Waals surface area (Å²) in [6.07, 6.45) is -0.776. The Morgan fingerprint density at radius 3 is 2.83 bits per heavy atom. The summed E-state index contributed by atoms with van der Waals surface area (Å²) in [5.41, 5.74) is 6.05. The van der Waals surface area contributed by atoms with Crippen LogP contribution in [0.15, 0.2) is 15.2 Å². The first-order valence-electron chi connectivity index (χ1n) is 3.75. The third kappa shape index (κ3) is 2.08. The van der Waals surface area contributed by atoms with E-state index < -0.39 is 6.17 Å². The largest absolute Gasteiger partial charge is 0.451 e. The molecule has 0 saturated heterocycles. The van der Waals surface area contributed by atoms with Gasteiger partial charge in [0.2, 0.25) is 0 Å². The number of hydrogen-bond donors (Lipinski definition) is 1. The second kappa shape index (κ2) is 4.05. The van der Waals surface area contributed by atoms with Crippen LogP contribution in [0.2, 0.25) is 0 Å². The van der Waals surface area contributed by atoms with Crippen molar-refractivity contribution in [3.8, 4) is 0 Å². The molecule has 1 aromatic heterocycles. The van der Waals surface area contributed by atoms with Crippen molar-refractivity contribution < 1.29 is 8.81 Å². The van der Waals surface area contributed by atoms with Gasteiger partial charge in [0.1, 0.15) is 5.76 Å². The highest BCUT2D eigenvalue weighted by Gasteiger charge is 2.16. The van der Waals surface area contributed by atoms with E-state index in [1.165, 1.54) is 0 Å². The number of alkyl halides is 1. The van der Waals surface area contributed by atoms with Gasteiger partial charge in [-0.15, -0.1) is 0 Å². The molecule has 0 bridgehead atoms. The summed E-state index contributed by atoms with van der Waals surface area (Å²) < 4.78 is 18.9. The van der Waals surface area contributed by atoms with Crippen LogP contribution in [-0.4, -0.2) is 6.54 Å². The van der Waals surface area contributed by atoms with E-state index in [-0.39, 0.29) is 0 Å². The summed E-state index contributed by atoms with van der Waals surface area (Å²) in [7, 11) is 0. The molecular formula is C8H11BrFNO. The highest BCUT2D eigenvalue weighted by atomic mass is 79.9. The molecule has 0 aliphatic carbocycles. The van der Waals surface area contributed by atoms with Crippen molar-refractivity contribution in [1.82, 2.24) is 0 Å². The summed E-state index contributed by atoms with van der Waals surface area (Å²) in [4.78, 5) is 0. The molecule has 0 saturated carbocycles. The fourth-order valence-corrected chi connectivity index (χ4v) is 1.56. The zero-order chi connectivity index (χ0) is 9.14. The zero-order valence-corrected chi connectivity index (χ0v) is 8.40. The molecule has 1 aromatic rings. The van der Waals surface area contributed by atoms with Gasteiger partial charge in [0.05, 0.1) is 0 Å². The number of rotatable bonds is 3. The highest BCUT2D eigenvalue weighted by Crippen LogP contribution is 2.29. The Hall–Kier alpha value is -0.350. The van der Waals surface area contributed by atoms with E-state index >= 15 is 0 Å². The van der Waals surface area contributed by atoms with E-state index in [0.717, 1.165) is 5.56 Å². The summed E-state index contributed by atoms with van der Waals surface area (Å²) in [6, 6.07) is 1.75. The highest BCUT2D eigenvalue weighted by molar-refractivity contribution is 9.10. The van der Waals surface area contributed by atoms with Gasteiger partial charge < -0.3 is 10.2 Å². The number of hydrogen-bond acceptors (Lipinski definition) is 2. The monoisotopic (exact) mass is 235 g/mol. The molecule has 0 radical (unpaired) electrons. The lowest BCUT2D eigenvalue weighted by molar-refractivity contribution is 0.269. The molecule has 68 valence electrons. The predicted octanol–water partition coefficient (Wildman–Crippen LogP) is 2.71. The van der Waals surface area contributed by atoms with Gasteiger partial charge >= 0.3 is 0 Å². The summed E-state index contributed by atoms with van der Waals surface area (Å²) in [5, 5.41) is 0. The zero-order valence-electron chi connectivity index (χ0n) is 6.81. The first kappa shape index (κ1) is 9.74. The van der Waals surface area contributed by atoms with E-state index in [4.69, 9.17) is 10.2 Å². The maximum absolute atomic E-state index is 13.2. The number of halogens is 2. The SMILES string of the molecule is Cc1cc(Br)oc1C(F)CCN. The van der Waals surface area contributed by atoms with Gasteiger partial charge in [-0.25, -0.2) is 4.39 Å². The first-order valence-corrected chi connectivity index (χ1v) is 4.54. The maximum atomic E-state index is 13.2. The average Bonchev–Trinajstić information content (AvgIpc) is 2.30. The van der Waals surface area contributed by atoms with Crippen molar-refractivity contribution in [2.24, 2.45) is 5.73 Å². The van der Waals surface area contributed by atoms with Crippen LogP contribution in [0.4, 0.5) is 4.39 Å². The minimum atomic E-state index is -1.08. The third-order valence-electron chi connectivity index (χ3n) is 1.63. The fraction of sp³-hybridized carbons (Fsp3) is 0.500. The van der Waals surface area contributed by atoms with E-state index in [1.54, 1.807) is 6.07 Å². The Morgan fingerprint density at radius 1 is 1.75 bits per heavy atom. The van der Waals surface area contributed by atoms with Gasteiger partial charge in [-0.1, -0.05) is 0 Å². The van der Waals surface area contributed by atoms with Crippen molar-refractivity contribution in [3.63, 3.8) is 0 Å². The molecule has 0 spiro atoms. The fourth-order valence-electron chi connectivity index (χ4n) is 1.04. The number of aryl methyl sites for hydroxylation is 1. The number of furan rings is 1. The third-order valence-corrected chi connectivity index (χ3v) is 2.02. The van der Waals surface area contributed by atoms with Gasteiger partial charge in [-0.3, -0.25) is 0 Å². The van der Waals surface area contributed by atoms with Crippen molar-refractivity contribution in [2.45, 2.75) is 19.5 Å². The van der Waals surface area contributed by atoms with Gasteiger partial charge in [-0.2, -0.15) is 0 Å². The molecule has 1 rings (SSSR count). The van der Waals surface area contributed by atoms with Gasteiger partial charge in [0.15, 0.2) is 10.8 Å². The molecule has 2 N–H and O–H groups in total. The van der Waals surface area contributed by atoms with E-state index in [1.807, 2.05) is 6.92 Å². The van der Waals surface area contributed by atoms with E-state index in [9.17, 15) is 4.39 Å². The molecule has 0 aliphatic rings. The molecule has 1 unspecified atom stereocenters. The molecule has 0 aromatic carbocycles. The topological polar surface area (TPSA) is 39.2 Å².